The Balaban J connectivity index is 1.95. The first kappa shape index (κ1) is 12.5. The number of hydrogen-bond donors (Lipinski definition) is 2. The molecule has 17 heavy (non-hydrogen) atoms. The van der Waals surface area contributed by atoms with Crippen LogP contribution in [0, 0.1) is 0 Å². The first-order chi connectivity index (χ1) is 8.27. The van der Waals surface area contributed by atoms with Crippen LogP contribution in [0.25, 0.3) is 0 Å². The van der Waals surface area contributed by atoms with Gasteiger partial charge in [0.1, 0.15) is 6.04 Å². The predicted octanol–water partition coefficient (Wildman–Crippen LogP) is 2.30. The van der Waals surface area contributed by atoms with Crippen LogP contribution >= 0.6 is 11.8 Å². The molecule has 1 fully saturated rings. The van der Waals surface area contributed by atoms with E-state index in [2.05, 4.69) is 5.32 Å². The third-order valence-electron chi connectivity index (χ3n) is 2.95. The summed E-state index contributed by atoms with van der Waals surface area (Å²) in [6.07, 6.45) is 2.44. The summed E-state index contributed by atoms with van der Waals surface area (Å²) >= 11 is 1.94. The second-order valence-corrected chi connectivity index (χ2v) is 5.63. The van der Waals surface area contributed by atoms with E-state index in [-0.39, 0.29) is 0 Å². The maximum Gasteiger partial charge on any atom is 0.325 e. The molecule has 0 aliphatic carbocycles. The normalized spacial score (nSPS) is 21.3. The van der Waals surface area contributed by atoms with E-state index in [9.17, 15) is 9.90 Å². The summed E-state index contributed by atoms with van der Waals surface area (Å²) < 4.78 is 0. The molecule has 0 radical (unpaired) electrons. The Hall–Kier alpha value is -1.00. The van der Waals surface area contributed by atoms with E-state index < -0.39 is 12.0 Å². The molecule has 0 bridgehead atoms. The summed E-state index contributed by atoms with van der Waals surface area (Å²) in [5, 5.41) is 13.0. The predicted molar refractivity (Wildman–Crippen MR) is 70.3 cm³/mol. The van der Waals surface area contributed by atoms with Gasteiger partial charge in [0.15, 0.2) is 0 Å². The molecule has 1 aliphatic heterocycles. The fourth-order valence-electron chi connectivity index (χ4n) is 2.05. The van der Waals surface area contributed by atoms with Crippen molar-refractivity contribution in [1.82, 2.24) is 5.32 Å². The maximum atomic E-state index is 11.2. The van der Waals surface area contributed by atoms with Crippen LogP contribution in [0.5, 0.6) is 0 Å². The van der Waals surface area contributed by atoms with E-state index in [1.54, 1.807) is 0 Å². The molecule has 3 nitrogen and oxygen atoms in total. The van der Waals surface area contributed by atoms with Crippen molar-refractivity contribution < 1.29 is 9.90 Å². The van der Waals surface area contributed by atoms with Gasteiger partial charge >= 0.3 is 5.97 Å². The summed E-state index contributed by atoms with van der Waals surface area (Å²) in [5.74, 6) is 0.397. The topological polar surface area (TPSA) is 49.3 Å². The molecule has 1 aromatic rings. The van der Waals surface area contributed by atoms with E-state index >= 15 is 0 Å². The minimum Gasteiger partial charge on any atom is -0.480 e. The highest BCUT2D eigenvalue weighted by atomic mass is 32.2. The smallest absolute Gasteiger partial charge is 0.325 e. The van der Waals surface area contributed by atoms with Crippen LogP contribution < -0.4 is 5.32 Å². The van der Waals surface area contributed by atoms with Crippen molar-refractivity contribution >= 4 is 17.7 Å². The number of carboxylic acid groups (broad SMARTS) is 1. The van der Waals surface area contributed by atoms with Crippen molar-refractivity contribution in [2.45, 2.75) is 24.1 Å². The standard InChI is InChI=1S/C13H17NO2S/c15-13(16)12(10-5-2-1-3-6-10)14-9-11-7-4-8-17-11/h1-3,5-6,11-12,14H,4,7-9H2,(H,15,16). The van der Waals surface area contributed by atoms with E-state index in [1.807, 2.05) is 42.1 Å². The fourth-order valence-corrected chi connectivity index (χ4v) is 3.26. The molecular formula is C13H17NO2S. The molecule has 4 heteroatoms. The lowest BCUT2D eigenvalue weighted by Gasteiger charge is -2.17. The van der Waals surface area contributed by atoms with Gasteiger partial charge in [0, 0.05) is 11.8 Å². The number of rotatable bonds is 5. The number of carboxylic acids is 1. The minimum absolute atomic E-state index is 0.570. The largest absolute Gasteiger partial charge is 0.480 e. The number of aliphatic carboxylic acids is 1. The summed E-state index contributed by atoms with van der Waals surface area (Å²) in [4.78, 5) is 11.2. The van der Waals surface area contributed by atoms with Gasteiger partial charge in [0.25, 0.3) is 0 Å². The van der Waals surface area contributed by atoms with Crippen molar-refractivity contribution in [3.8, 4) is 0 Å². The number of hydrogen-bond acceptors (Lipinski definition) is 3. The van der Waals surface area contributed by atoms with Crippen LogP contribution in [0.1, 0.15) is 24.4 Å². The second-order valence-electron chi connectivity index (χ2n) is 4.23. The molecule has 1 aliphatic rings. The molecule has 0 aromatic heterocycles. The van der Waals surface area contributed by atoms with Gasteiger partial charge in [-0.05, 0) is 24.2 Å². The minimum atomic E-state index is -0.806. The average molecular weight is 251 g/mol. The molecule has 1 saturated heterocycles. The lowest BCUT2D eigenvalue weighted by molar-refractivity contribution is -0.139. The molecule has 0 amide bonds. The number of carbonyl (C=O) groups is 1. The van der Waals surface area contributed by atoms with E-state index in [4.69, 9.17) is 0 Å². The molecule has 0 saturated carbocycles. The fraction of sp³-hybridized carbons (Fsp3) is 0.462. The maximum absolute atomic E-state index is 11.2. The molecule has 92 valence electrons. The summed E-state index contributed by atoms with van der Waals surface area (Å²) in [6, 6.07) is 8.77. The number of nitrogens with one attached hydrogen (secondary N) is 1. The van der Waals surface area contributed by atoms with Crippen LogP contribution in [0.2, 0.25) is 0 Å². The van der Waals surface area contributed by atoms with Gasteiger partial charge < -0.3 is 5.11 Å². The van der Waals surface area contributed by atoms with Crippen molar-refractivity contribution in [2.75, 3.05) is 12.3 Å². The SMILES string of the molecule is O=C(O)C(NCC1CCCS1)c1ccccc1. The zero-order valence-electron chi connectivity index (χ0n) is 9.63. The summed E-state index contributed by atoms with van der Waals surface area (Å²) in [6.45, 7) is 0.774. The number of benzene rings is 1. The molecule has 2 unspecified atom stereocenters. The van der Waals surface area contributed by atoms with Crippen LogP contribution in [0.15, 0.2) is 30.3 Å². The van der Waals surface area contributed by atoms with Gasteiger partial charge in [0.2, 0.25) is 0 Å². The third kappa shape index (κ3) is 3.48. The molecule has 2 N–H and O–H groups in total. The van der Waals surface area contributed by atoms with Gasteiger partial charge in [-0.25, -0.2) is 0 Å². The highest BCUT2D eigenvalue weighted by Gasteiger charge is 2.22. The molecule has 2 rings (SSSR count). The van der Waals surface area contributed by atoms with Gasteiger partial charge in [-0.3, -0.25) is 10.1 Å². The van der Waals surface area contributed by atoms with Crippen LogP contribution in [-0.2, 0) is 4.79 Å². The van der Waals surface area contributed by atoms with Crippen molar-refractivity contribution in [1.29, 1.82) is 0 Å². The Morgan fingerprint density at radius 2 is 2.24 bits per heavy atom. The quantitative estimate of drug-likeness (QED) is 0.843. The first-order valence-corrected chi connectivity index (χ1v) is 6.95. The lowest BCUT2D eigenvalue weighted by Crippen LogP contribution is -2.32. The molecule has 1 aromatic carbocycles. The second kappa shape index (κ2) is 6.07. The van der Waals surface area contributed by atoms with Gasteiger partial charge in [0.05, 0.1) is 0 Å². The van der Waals surface area contributed by atoms with Crippen LogP contribution in [0.4, 0.5) is 0 Å². The van der Waals surface area contributed by atoms with Crippen molar-refractivity contribution in [3.63, 3.8) is 0 Å². The van der Waals surface area contributed by atoms with Crippen molar-refractivity contribution in [3.05, 3.63) is 35.9 Å². The van der Waals surface area contributed by atoms with Crippen LogP contribution in [0.3, 0.4) is 0 Å². The monoisotopic (exact) mass is 251 g/mol. The molecular weight excluding hydrogens is 234 g/mol. The Kier molecular flexibility index (Phi) is 4.45. The highest BCUT2D eigenvalue weighted by molar-refractivity contribution is 8.00. The number of thioether (sulfide) groups is 1. The van der Waals surface area contributed by atoms with Crippen LogP contribution in [-0.4, -0.2) is 28.6 Å². The lowest BCUT2D eigenvalue weighted by atomic mass is 10.1. The molecule has 2 atom stereocenters. The van der Waals surface area contributed by atoms with Gasteiger partial charge in [-0.1, -0.05) is 30.3 Å². The molecule has 1 heterocycles. The van der Waals surface area contributed by atoms with Crippen molar-refractivity contribution in [2.24, 2.45) is 0 Å². The Labute approximate surface area is 106 Å². The Morgan fingerprint density at radius 1 is 1.47 bits per heavy atom. The summed E-state index contributed by atoms with van der Waals surface area (Å²) in [5.41, 5.74) is 0.822. The Bertz CT molecular complexity index is 363. The van der Waals surface area contributed by atoms with Gasteiger partial charge in [-0.2, -0.15) is 11.8 Å². The summed E-state index contributed by atoms with van der Waals surface area (Å²) in [7, 11) is 0. The van der Waals surface area contributed by atoms with Gasteiger partial charge in [-0.15, -0.1) is 0 Å². The average Bonchev–Trinajstić information content (AvgIpc) is 2.83. The zero-order valence-corrected chi connectivity index (χ0v) is 10.5. The highest BCUT2D eigenvalue weighted by Crippen LogP contribution is 2.26. The van der Waals surface area contributed by atoms with E-state index in [0.717, 1.165) is 12.1 Å². The molecule has 0 spiro atoms. The first-order valence-electron chi connectivity index (χ1n) is 5.90. The van der Waals surface area contributed by atoms with E-state index in [0.29, 0.717) is 5.25 Å². The third-order valence-corrected chi connectivity index (χ3v) is 4.35. The Morgan fingerprint density at radius 3 is 2.82 bits per heavy atom. The van der Waals surface area contributed by atoms with E-state index in [1.165, 1.54) is 18.6 Å². The zero-order chi connectivity index (χ0) is 12.1.